The maximum absolute atomic E-state index is 12.1. The maximum Gasteiger partial charge on any atom is 0.237 e. The molecule has 0 unspecified atom stereocenters. The number of amides is 1. The van der Waals surface area contributed by atoms with Crippen LogP contribution in [0.2, 0.25) is 0 Å². The molecule has 0 bridgehead atoms. The van der Waals surface area contributed by atoms with E-state index in [1.807, 2.05) is 19.0 Å². The largest absolute Gasteiger partial charge is 0.342 e. The Morgan fingerprint density at radius 2 is 1.68 bits per heavy atom. The van der Waals surface area contributed by atoms with Crippen molar-refractivity contribution in [2.75, 3.05) is 53.1 Å². The van der Waals surface area contributed by atoms with Crippen LogP contribution in [0.25, 0.3) is 0 Å². The lowest BCUT2D eigenvalue weighted by atomic mass is 10.1. The maximum atomic E-state index is 12.1. The summed E-state index contributed by atoms with van der Waals surface area (Å²) in [6.45, 7) is 2.44. The monoisotopic (exact) mass is 291 g/mol. The van der Waals surface area contributed by atoms with E-state index >= 15 is 0 Å². The van der Waals surface area contributed by atoms with Crippen molar-refractivity contribution < 1.29 is 13.2 Å². The van der Waals surface area contributed by atoms with Gasteiger partial charge in [-0.15, -0.1) is 0 Å². The van der Waals surface area contributed by atoms with Gasteiger partial charge in [0.15, 0.2) is 0 Å². The summed E-state index contributed by atoms with van der Waals surface area (Å²) in [5, 5.41) is 0. The SMILES string of the molecule is CN(C)CCN(CC(=O)N1CCCCC1)S(C)(=O)=O. The van der Waals surface area contributed by atoms with Crippen LogP contribution in [0.3, 0.4) is 0 Å². The van der Waals surface area contributed by atoms with Gasteiger partial charge in [0.05, 0.1) is 12.8 Å². The summed E-state index contributed by atoms with van der Waals surface area (Å²) in [4.78, 5) is 15.8. The van der Waals surface area contributed by atoms with E-state index in [0.29, 0.717) is 13.1 Å². The van der Waals surface area contributed by atoms with E-state index in [1.165, 1.54) is 4.31 Å². The number of sulfonamides is 1. The Balaban J connectivity index is 2.58. The van der Waals surface area contributed by atoms with Crippen molar-refractivity contribution in [1.29, 1.82) is 0 Å². The Morgan fingerprint density at radius 3 is 2.16 bits per heavy atom. The van der Waals surface area contributed by atoms with E-state index in [0.717, 1.165) is 38.6 Å². The van der Waals surface area contributed by atoms with Gasteiger partial charge in [0.2, 0.25) is 15.9 Å². The van der Waals surface area contributed by atoms with Crippen LogP contribution >= 0.6 is 0 Å². The Morgan fingerprint density at radius 1 is 1.11 bits per heavy atom. The van der Waals surface area contributed by atoms with E-state index < -0.39 is 10.0 Å². The fourth-order valence-electron chi connectivity index (χ4n) is 2.07. The fraction of sp³-hybridized carbons (Fsp3) is 0.917. The van der Waals surface area contributed by atoms with Crippen molar-refractivity contribution in [3.05, 3.63) is 0 Å². The number of nitrogens with zero attached hydrogens (tertiary/aromatic N) is 3. The molecule has 19 heavy (non-hydrogen) atoms. The summed E-state index contributed by atoms with van der Waals surface area (Å²) in [5.41, 5.74) is 0. The van der Waals surface area contributed by atoms with Gasteiger partial charge < -0.3 is 9.80 Å². The van der Waals surface area contributed by atoms with Crippen molar-refractivity contribution >= 4 is 15.9 Å². The number of likely N-dealkylation sites (N-methyl/N-ethyl adjacent to an activating group) is 1. The molecular formula is C12H25N3O3S. The highest BCUT2D eigenvalue weighted by Crippen LogP contribution is 2.10. The highest BCUT2D eigenvalue weighted by molar-refractivity contribution is 7.88. The zero-order chi connectivity index (χ0) is 14.5. The normalized spacial score (nSPS) is 17.2. The standard InChI is InChI=1S/C12H25N3O3S/c1-13(2)9-10-15(19(3,17)18)11-12(16)14-7-5-4-6-8-14/h4-11H2,1-3H3. The molecule has 1 aliphatic heterocycles. The van der Waals surface area contributed by atoms with Gasteiger partial charge in [-0.3, -0.25) is 4.79 Å². The minimum absolute atomic E-state index is 0.0350. The first-order valence-electron chi connectivity index (χ1n) is 6.68. The molecule has 0 radical (unpaired) electrons. The molecule has 0 spiro atoms. The van der Waals surface area contributed by atoms with Crippen LogP contribution in [-0.4, -0.2) is 81.5 Å². The molecular weight excluding hydrogens is 266 g/mol. The van der Waals surface area contributed by atoms with Gasteiger partial charge in [0, 0.05) is 26.2 Å². The second-order valence-electron chi connectivity index (χ2n) is 5.34. The number of piperidine rings is 1. The summed E-state index contributed by atoms with van der Waals surface area (Å²) in [6.07, 6.45) is 4.34. The first-order chi connectivity index (χ1) is 8.80. The summed E-state index contributed by atoms with van der Waals surface area (Å²) in [7, 11) is 0.429. The number of carbonyl (C=O) groups is 1. The molecule has 0 saturated carbocycles. The summed E-state index contributed by atoms with van der Waals surface area (Å²) >= 11 is 0. The van der Waals surface area contributed by atoms with Crippen LogP contribution < -0.4 is 0 Å². The molecule has 0 aromatic rings. The topological polar surface area (TPSA) is 60.9 Å². The Bertz CT molecular complexity index is 389. The number of rotatable bonds is 6. The van der Waals surface area contributed by atoms with E-state index in [4.69, 9.17) is 0 Å². The molecule has 1 fully saturated rings. The quantitative estimate of drug-likeness (QED) is 0.681. The molecule has 1 saturated heterocycles. The summed E-state index contributed by atoms with van der Waals surface area (Å²) in [5.74, 6) is -0.0797. The van der Waals surface area contributed by atoms with Gasteiger partial charge in [0.25, 0.3) is 0 Å². The predicted octanol–water partition coefficient (Wildman–Crippen LogP) is -0.178. The second-order valence-corrected chi connectivity index (χ2v) is 7.32. The number of hydrogen-bond acceptors (Lipinski definition) is 4. The second kappa shape index (κ2) is 7.21. The van der Waals surface area contributed by atoms with Crippen LogP contribution in [0.4, 0.5) is 0 Å². The van der Waals surface area contributed by atoms with Gasteiger partial charge in [-0.05, 0) is 33.4 Å². The van der Waals surface area contributed by atoms with Crippen LogP contribution in [0.1, 0.15) is 19.3 Å². The minimum atomic E-state index is -3.34. The first-order valence-corrected chi connectivity index (χ1v) is 8.53. The first kappa shape index (κ1) is 16.4. The highest BCUT2D eigenvalue weighted by Gasteiger charge is 2.24. The lowest BCUT2D eigenvalue weighted by molar-refractivity contribution is -0.132. The highest BCUT2D eigenvalue weighted by atomic mass is 32.2. The van der Waals surface area contributed by atoms with E-state index in [9.17, 15) is 13.2 Å². The molecule has 0 aromatic heterocycles. The van der Waals surface area contributed by atoms with Crippen molar-refractivity contribution in [3.63, 3.8) is 0 Å². The molecule has 0 atom stereocenters. The lowest BCUT2D eigenvalue weighted by Gasteiger charge is -2.29. The lowest BCUT2D eigenvalue weighted by Crippen LogP contribution is -2.46. The average molecular weight is 291 g/mol. The van der Waals surface area contributed by atoms with Crippen LogP contribution in [0.5, 0.6) is 0 Å². The average Bonchev–Trinajstić information content (AvgIpc) is 2.33. The van der Waals surface area contributed by atoms with Gasteiger partial charge in [-0.1, -0.05) is 0 Å². The van der Waals surface area contributed by atoms with Crippen molar-refractivity contribution in [3.8, 4) is 0 Å². The number of likely N-dealkylation sites (tertiary alicyclic amines) is 1. The van der Waals surface area contributed by atoms with Crippen LogP contribution in [-0.2, 0) is 14.8 Å². The smallest absolute Gasteiger partial charge is 0.237 e. The molecule has 6 nitrogen and oxygen atoms in total. The van der Waals surface area contributed by atoms with Gasteiger partial charge in [-0.25, -0.2) is 8.42 Å². The third kappa shape index (κ3) is 5.88. The van der Waals surface area contributed by atoms with Gasteiger partial charge >= 0.3 is 0 Å². The number of hydrogen-bond donors (Lipinski definition) is 0. The van der Waals surface area contributed by atoms with Gasteiger partial charge in [0.1, 0.15) is 0 Å². The van der Waals surface area contributed by atoms with Gasteiger partial charge in [-0.2, -0.15) is 4.31 Å². The summed E-state index contributed by atoms with van der Waals surface area (Å²) < 4.78 is 24.7. The van der Waals surface area contributed by atoms with Crippen molar-refractivity contribution in [2.24, 2.45) is 0 Å². The van der Waals surface area contributed by atoms with E-state index in [1.54, 1.807) is 4.90 Å². The fourth-order valence-corrected chi connectivity index (χ4v) is 2.83. The third-order valence-electron chi connectivity index (χ3n) is 3.29. The molecule has 1 heterocycles. The van der Waals surface area contributed by atoms with Crippen LogP contribution in [0.15, 0.2) is 0 Å². The molecule has 112 valence electrons. The van der Waals surface area contributed by atoms with E-state index in [2.05, 4.69) is 0 Å². The minimum Gasteiger partial charge on any atom is -0.342 e. The number of carbonyl (C=O) groups excluding carboxylic acids is 1. The van der Waals surface area contributed by atoms with Crippen LogP contribution in [0, 0.1) is 0 Å². The zero-order valence-electron chi connectivity index (χ0n) is 12.1. The van der Waals surface area contributed by atoms with Crippen molar-refractivity contribution in [2.45, 2.75) is 19.3 Å². The molecule has 0 N–H and O–H groups in total. The molecule has 1 amide bonds. The Kier molecular flexibility index (Phi) is 6.22. The molecule has 7 heteroatoms. The Hall–Kier alpha value is -0.660. The zero-order valence-corrected chi connectivity index (χ0v) is 12.9. The van der Waals surface area contributed by atoms with Crippen molar-refractivity contribution in [1.82, 2.24) is 14.1 Å². The third-order valence-corrected chi connectivity index (χ3v) is 4.54. The van der Waals surface area contributed by atoms with E-state index in [-0.39, 0.29) is 12.5 Å². The predicted molar refractivity (Wildman–Crippen MR) is 75.4 cm³/mol. The molecule has 0 aliphatic carbocycles. The Labute approximate surface area is 116 Å². The molecule has 1 rings (SSSR count). The summed E-state index contributed by atoms with van der Waals surface area (Å²) in [6, 6.07) is 0. The molecule has 0 aromatic carbocycles. The molecule has 1 aliphatic rings.